The van der Waals surface area contributed by atoms with Crippen molar-refractivity contribution in [2.24, 2.45) is 0 Å². The van der Waals surface area contributed by atoms with E-state index in [1.165, 1.54) is 72.7 Å². The molecule has 30 heteroatoms. The monoisotopic (exact) mass is 1140 g/mol. The molecule has 0 aliphatic carbocycles. The molecule has 2 aliphatic heterocycles. The Morgan fingerprint density at radius 2 is 0.435 bits per heavy atom. The van der Waals surface area contributed by atoms with Crippen LogP contribution in [0.4, 0.5) is 0 Å². The SMILES string of the molecule is C1CNCCNCCCNCCNC1.C1CNCCNCCCNCCNC1.CSCCS(=O)(=O)[O-].CSCCS(=O)(=O)[O-].CSCCS(=O)(=O)[O-].CSCCS(=O)(=O)[O-].[Ni+2].[Ni+2]. The molecule has 2 saturated heterocycles. The van der Waals surface area contributed by atoms with Crippen LogP contribution in [0.3, 0.4) is 0 Å². The van der Waals surface area contributed by atoms with E-state index in [0.717, 1.165) is 105 Å². The molecule has 62 heavy (non-hydrogen) atoms. The van der Waals surface area contributed by atoms with E-state index in [-0.39, 0.29) is 56.0 Å². The zero-order valence-electron chi connectivity index (χ0n) is 36.6. The summed E-state index contributed by atoms with van der Waals surface area (Å²) in [5, 5.41) is 27.4. The summed E-state index contributed by atoms with van der Waals surface area (Å²) in [6, 6.07) is 0. The molecule has 0 aromatic rings. The summed E-state index contributed by atoms with van der Waals surface area (Å²) in [5.41, 5.74) is 0. The smallest absolute Gasteiger partial charge is 0.748 e. The van der Waals surface area contributed by atoms with Crippen molar-refractivity contribution in [2.45, 2.75) is 25.7 Å². The van der Waals surface area contributed by atoms with Crippen molar-refractivity contribution in [3.05, 3.63) is 0 Å². The molecule has 2 heterocycles. The van der Waals surface area contributed by atoms with Gasteiger partial charge in [0.2, 0.25) is 0 Å². The third-order valence-corrected chi connectivity index (χ3v) is 13.2. The van der Waals surface area contributed by atoms with E-state index >= 15 is 0 Å². The van der Waals surface area contributed by atoms with Gasteiger partial charge < -0.3 is 60.7 Å². The first-order valence-electron chi connectivity index (χ1n) is 19.6. The Hall–Kier alpha value is 1.71. The number of thioether (sulfide) groups is 4. The van der Waals surface area contributed by atoms with Gasteiger partial charge in [-0.3, -0.25) is 0 Å². The van der Waals surface area contributed by atoms with Gasteiger partial charge in [0.05, 0.1) is 40.5 Å². The Bertz CT molecular complexity index is 1060. The van der Waals surface area contributed by atoms with Crippen molar-refractivity contribution in [3.63, 3.8) is 0 Å². The first kappa shape index (κ1) is 75.2. The van der Waals surface area contributed by atoms with Crippen LogP contribution in [-0.4, -0.2) is 228 Å². The number of hydrogen-bond acceptors (Lipinski definition) is 24. The zero-order chi connectivity index (χ0) is 46.3. The fourth-order valence-corrected chi connectivity index (χ4v) is 9.73. The average molecular weight is 1140 g/mol. The Kier molecular flexibility index (Phi) is 67.1. The topological polar surface area (TPSA) is 325 Å². The van der Waals surface area contributed by atoms with Crippen LogP contribution in [0.15, 0.2) is 0 Å². The van der Waals surface area contributed by atoms with Gasteiger partial charge in [0.25, 0.3) is 0 Å². The summed E-state index contributed by atoms with van der Waals surface area (Å²) in [6.45, 7) is 17.7. The molecule has 0 spiro atoms. The van der Waals surface area contributed by atoms with Gasteiger partial charge >= 0.3 is 33.0 Å². The summed E-state index contributed by atoms with van der Waals surface area (Å²) >= 11 is 5.40. The van der Waals surface area contributed by atoms with Crippen molar-refractivity contribution in [1.29, 1.82) is 0 Å². The van der Waals surface area contributed by atoms with E-state index < -0.39 is 40.5 Å². The minimum absolute atomic E-state index is 0. The molecular formula is C32H76N8Ni2O12S8. The summed E-state index contributed by atoms with van der Waals surface area (Å²) < 4.78 is 118. The third-order valence-electron chi connectivity index (χ3n) is 6.89. The molecular weight excluding hydrogens is 1060 g/mol. The van der Waals surface area contributed by atoms with E-state index in [9.17, 15) is 51.9 Å². The molecule has 0 radical (unpaired) electrons. The second kappa shape index (κ2) is 55.3. The van der Waals surface area contributed by atoms with Crippen LogP contribution in [-0.2, 0) is 73.5 Å². The Morgan fingerprint density at radius 3 is 0.516 bits per heavy atom. The first-order chi connectivity index (χ1) is 28.2. The normalized spacial score (nSPS) is 16.9. The predicted octanol–water partition coefficient (Wildman–Crippen LogP) is -2.15. The molecule has 0 saturated carbocycles. The standard InChI is InChI=1S/2C10H24N4.4C3H8O3S2.2Ni/c2*1-3-11-7-9-13-5-2-6-14-10-8-12-4-1;4*1-7-2-3-8(4,5)6;;/h2*11-14H,1-10H2;4*2-3H2,1H3,(H,4,5,6);;/q;;;;;;2*+2/p-4. The van der Waals surface area contributed by atoms with Gasteiger partial charge in [0.15, 0.2) is 0 Å². The van der Waals surface area contributed by atoms with Crippen molar-refractivity contribution in [3.8, 4) is 0 Å². The average Bonchev–Trinajstić information content (AvgIpc) is 3.16. The minimum atomic E-state index is -3.96. The van der Waals surface area contributed by atoms with Crippen molar-refractivity contribution < 1.29 is 84.9 Å². The molecule has 2 aliphatic rings. The molecule has 0 aromatic heterocycles. The molecule has 2 fully saturated rings. The molecule has 0 bridgehead atoms. The second-order valence-electron chi connectivity index (χ2n) is 12.4. The van der Waals surface area contributed by atoms with Gasteiger partial charge in [-0.1, -0.05) is 0 Å². The van der Waals surface area contributed by atoms with Crippen LogP contribution in [0.5, 0.6) is 0 Å². The second-order valence-corrected chi connectivity index (χ2v) is 22.5. The van der Waals surface area contributed by atoms with Gasteiger partial charge in [-0.05, 0) is 103 Å². The first-order valence-corrected chi connectivity index (χ1v) is 31.5. The molecule has 0 amide bonds. The van der Waals surface area contributed by atoms with E-state index in [4.69, 9.17) is 0 Å². The Morgan fingerprint density at radius 1 is 0.306 bits per heavy atom. The van der Waals surface area contributed by atoms with Crippen LogP contribution < -0.4 is 42.5 Å². The quantitative estimate of drug-likeness (QED) is 0.0763. The van der Waals surface area contributed by atoms with Gasteiger partial charge in [0.1, 0.15) is 0 Å². The van der Waals surface area contributed by atoms with Crippen molar-refractivity contribution >= 4 is 87.5 Å². The van der Waals surface area contributed by atoms with Gasteiger partial charge in [-0.15, -0.1) is 0 Å². The summed E-state index contributed by atoms with van der Waals surface area (Å²) in [5.74, 6) is 0.556. The molecule has 0 aromatic carbocycles. The summed E-state index contributed by atoms with van der Waals surface area (Å²) in [7, 11) is -15.8. The molecule has 384 valence electrons. The molecule has 0 unspecified atom stereocenters. The maximum absolute atomic E-state index is 9.82. The predicted molar refractivity (Wildman–Crippen MR) is 253 cm³/mol. The number of rotatable bonds is 12. The maximum Gasteiger partial charge on any atom is 2.00 e. The minimum Gasteiger partial charge on any atom is -0.748 e. The Labute approximate surface area is 413 Å². The fraction of sp³-hybridized carbons (Fsp3) is 1.00. The molecule has 2 rings (SSSR count). The van der Waals surface area contributed by atoms with Gasteiger partial charge in [0, 0.05) is 98.4 Å². The summed E-state index contributed by atoms with van der Waals surface area (Å²) in [6.07, 6.45) is 11.9. The van der Waals surface area contributed by atoms with Crippen molar-refractivity contribution in [1.82, 2.24) is 42.5 Å². The van der Waals surface area contributed by atoms with Crippen LogP contribution >= 0.6 is 47.0 Å². The number of hydrogen-bond donors (Lipinski definition) is 8. The van der Waals surface area contributed by atoms with Gasteiger partial charge in [-0.25, -0.2) is 33.7 Å². The van der Waals surface area contributed by atoms with E-state index in [1.807, 2.05) is 0 Å². The van der Waals surface area contributed by atoms with Crippen LogP contribution in [0.25, 0.3) is 0 Å². The van der Waals surface area contributed by atoms with E-state index in [1.54, 1.807) is 25.0 Å². The van der Waals surface area contributed by atoms with E-state index in [0.29, 0.717) is 23.0 Å². The van der Waals surface area contributed by atoms with Crippen LogP contribution in [0, 0.1) is 0 Å². The zero-order valence-corrected chi connectivity index (χ0v) is 45.1. The maximum atomic E-state index is 9.82. The summed E-state index contributed by atoms with van der Waals surface area (Å²) in [4.78, 5) is 0. The molecule has 8 N–H and O–H groups in total. The van der Waals surface area contributed by atoms with Crippen molar-refractivity contribution in [2.75, 3.05) is 176 Å². The van der Waals surface area contributed by atoms with Crippen LogP contribution in [0.2, 0.25) is 0 Å². The molecule has 20 nitrogen and oxygen atoms in total. The third kappa shape index (κ3) is 92.0. The Balaban J connectivity index is -0.000000154. The fourth-order valence-electron chi connectivity index (χ4n) is 3.80. The molecule has 0 atom stereocenters. The largest absolute Gasteiger partial charge is 2.00 e. The van der Waals surface area contributed by atoms with Gasteiger partial charge in [-0.2, -0.15) is 47.0 Å². The number of nitrogens with one attached hydrogen (secondary N) is 8. The van der Waals surface area contributed by atoms with E-state index in [2.05, 4.69) is 42.5 Å². The van der Waals surface area contributed by atoms with Crippen LogP contribution in [0.1, 0.15) is 25.7 Å².